The van der Waals surface area contributed by atoms with Crippen molar-refractivity contribution < 1.29 is 9.15 Å². The van der Waals surface area contributed by atoms with E-state index in [0.717, 1.165) is 31.8 Å². The van der Waals surface area contributed by atoms with Crippen molar-refractivity contribution >= 4 is 11.0 Å². The smallest absolute Gasteiger partial charge is 0.134 e. The number of furan rings is 1. The molecule has 3 heteroatoms. The van der Waals surface area contributed by atoms with Crippen LogP contribution in [0.25, 0.3) is 11.0 Å². The second-order valence-electron chi connectivity index (χ2n) is 5.27. The van der Waals surface area contributed by atoms with Gasteiger partial charge in [-0.1, -0.05) is 25.1 Å². The highest BCUT2D eigenvalue weighted by molar-refractivity contribution is 5.82. The zero-order chi connectivity index (χ0) is 12.6. The number of fused-ring (bicyclic) bond motifs is 1. The summed E-state index contributed by atoms with van der Waals surface area (Å²) in [6.45, 7) is 4.53. The van der Waals surface area contributed by atoms with E-state index in [9.17, 15) is 0 Å². The third-order valence-corrected chi connectivity index (χ3v) is 4.28. The maximum atomic E-state index is 5.71. The van der Waals surface area contributed by atoms with Gasteiger partial charge in [0.25, 0.3) is 0 Å². The molecule has 2 N–H and O–H groups in total. The Kier molecular flexibility index (Phi) is 2.88. The van der Waals surface area contributed by atoms with Crippen LogP contribution in [0.4, 0.5) is 0 Å². The zero-order valence-electron chi connectivity index (χ0n) is 10.7. The molecule has 2 aromatic rings. The van der Waals surface area contributed by atoms with E-state index in [-0.39, 0.29) is 5.41 Å². The Hall–Kier alpha value is -1.32. The Labute approximate surface area is 107 Å². The minimum absolute atomic E-state index is 0.0893. The van der Waals surface area contributed by atoms with Gasteiger partial charge in [-0.3, -0.25) is 0 Å². The van der Waals surface area contributed by atoms with Crippen molar-refractivity contribution in [3.63, 3.8) is 0 Å². The van der Waals surface area contributed by atoms with Gasteiger partial charge in [0, 0.05) is 16.4 Å². The molecule has 0 aliphatic carbocycles. The van der Waals surface area contributed by atoms with Crippen molar-refractivity contribution in [2.45, 2.75) is 18.8 Å². The van der Waals surface area contributed by atoms with E-state index >= 15 is 0 Å². The van der Waals surface area contributed by atoms with Crippen molar-refractivity contribution in [1.29, 1.82) is 0 Å². The van der Waals surface area contributed by atoms with E-state index in [4.69, 9.17) is 14.9 Å². The van der Waals surface area contributed by atoms with Crippen molar-refractivity contribution in [1.82, 2.24) is 0 Å². The fourth-order valence-electron chi connectivity index (χ4n) is 2.92. The zero-order valence-corrected chi connectivity index (χ0v) is 10.7. The summed E-state index contributed by atoms with van der Waals surface area (Å²) < 4.78 is 11.2. The molecule has 2 heterocycles. The molecule has 1 fully saturated rings. The van der Waals surface area contributed by atoms with Crippen LogP contribution < -0.4 is 5.73 Å². The Morgan fingerprint density at radius 3 is 2.78 bits per heavy atom. The van der Waals surface area contributed by atoms with Gasteiger partial charge >= 0.3 is 0 Å². The van der Waals surface area contributed by atoms with Crippen molar-refractivity contribution in [3.8, 4) is 0 Å². The van der Waals surface area contributed by atoms with Crippen LogP contribution in [0.15, 0.2) is 34.9 Å². The van der Waals surface area contributed by atoms with Gasteiger partial charge in [0.2, 0.25) is 0 Å². The highest BCUT2D eigenvalue weighted by Gasteiger charge is 2.46. The number of para-hydroxylation sites is 1. The van der Waals surface area contributed by atoms with Crippen LogP contribution in [0.1, 0.15) is 18.9 Å². The lowest BCUT2D eigenvalue weighted by Gasteiger charge is -2.46. The topological polar surface area (TPSA) is 48.4 Å². The minimum atomic E-state index is 0.0893. The fourth-order valence-corrected chi connectivity index (χ4v) is 2.92. The Balaban J connectivity index is 2.06. The number of hydrogen-bond donors (Lipinski definition) is 1. The normalized spacial score (nSPS) is 19.7. The molecule has 3 nitrogen and oxygen atoms in total. The molecule has 1 saturated heterocycles. The molecule has 1 atom stereocenters. The number of ether oxygens (including phenoxy) is 1. The van der Waals surface area contributed by atoms with Gasteiger partial charge in [-0.15, -0.1) is 0 Å². The van der Waals surface area contributed by atoms with Gasteiger partial charge in [-0.2, -0.15) is 0 Å². The third kappa shape index (κ3) is 1.58. The summed E-state index contributed by atoms with van der Waals surface area (Å²) in [6, 6.07) is 8.20. The van der Waals surface area contributed by atoms with Gasteiger partial charge in [0.1, 0.15) is 5.58 Å². The molecule has 0 spiro atoms. The lowest BCUT2D eigenvalue weighted by molar-refractivity contribution is -0.0878. The summed E-state index contributed by atoms with van der Waals surface area (Å²) in [7, 11) is 0. The fraction of sp³-hybridized carbons (Fsp3) is 0.467. The van der Waals surface area contributed by atoms with E-state index in [1.807, 2.05) is 18.4 Å². The molecule has 1 aromatic heterocycles. The summed E-state index contributed by atoms with van der Waals surface area (Å²) in [6.07, 6.45) is 2.92. The number of hydrogen-bond acceptors (Lipinski definition) is 3. The molecule has 0 saturated carbocycles. The van der Waals surface area contributed by atoms with Gasteiger partial charge in [0.05, 0.1) is 19.5 Å². The predicted molar refractivity (Wildman–Crippen MR) is 71.5 cm³/mol. The molecule has 1 aliphatic rings. The molecule has 3 rings (SSSR count). The van der Waals surface area contributed by atoms with E-state index in [2.05, 4.69) is 19.1 Å². The summed E-state index contributed by atoms with van der Waals surface area (Å²) in [5.41, 5.74) is 8.04. The standard InChI is InChI=1S/C15H19NO2/c1-11(6-7-16)15(9-17-10-15)13-8-18-14-5-3-2-4-12(13)14/h2-5,8,11H,6-7,9-10,16H2,1H3. The average molecular weight is 245 g/mol. The third-order valence-electron chi connectivity index (χ3n) is 4.28. The number of benzene rings is 1. The predicted octanol–water partition coefficient (Wildman–Crippen LogP) is 2.69. The summed E-state index contributed by atoms with van der Waals surface area (Å²) in [4.78, 5) is 0. The van der Waals surface area contributed by atoms with E-state index in [1.54, 1.807) is 0 Å². The van der Waals surface area contributed by atoms with Gasteiger partial charge < -0.3 is 14.9 Å². The molecule has 1 aromatic carbocycles. The molecule has 96 valence electrons. The maximum Gasteiger partial charge on any atom is 0.134 e. The number of rotatable bonds is 4. The summed E-state index contributed by atoms with van der Waals surface area (Å²) >= 11 is 0. The van der Waals surface area contributed by atoms with Crippen molar-refractivity contribution in [2.75, 3.05) is 19.8 Å². The molecule has 1 unspecified atom stereocenters. The largest absolute Gasteiger partial charge is 0.464 e. The van der Waals surface area contributed by atoms with Crippen LogP contribution >= 0.6 is 0 Å². The molecule has 0 bridgehead atoms. The Morgan fingerprint density at radius 1 is 1.33 bits per heavy atom. The first-order valence-corrected chi connectivity index (χ1v) is 6.52. The van der Waals surface area contributed by atoms with Gasteiger partial charge in [-0.05, 0) is 24.9 Å². The lowest BCUT2D eigenvalue weighted by atomic mass is 9.68. The maximum absolute atomic E-state index is 5.71. The average Bonchev–Trinajstić information content (AvgIpc) is 2.73. The molecule has 0 amide bonds. The van der Waals surface area contributed by atoms with Crippen LogP contribution in [0.3, 0.4) is 0 Å². The monoisotopic (exact) mass is 245 g/mol. The molecule has 0 radical (unpaired) electrons. The molecule has 1 aliphatic heterocycles. The lowest BCUT2D eigenvalue weighted by Crippen LogP contribution is -2.51. The first-order chi connectivity index (χ1) is 8.78. The Bertz CT molecular complexity index is 542. The number of nitrogens with two attached hydrogens (primary N) is 1. The van der Waals surface area contributed by atoms with Crippen LogP contribution in [-0.2, 0) is 10.2 Å². The van der Waals surface area contributed by atoms with Gasteiger partial charge in [-0.25, -0.2) is 0 Å². The highest BCUT2D eigenvalue weighted by Crippen LogP contribution is 2.44. The first-order valence-electron chi connectivity index (χ1n) is 6.52. The Morgan fingerprint density at radius 2 is 2.11 bits per heavy atom. The summed E-state index contributed by atoms with van der Waals surface area (Å²) in [5.74, 6) is 0.511. The summed E-state index contributed by atoms with van der Waals surface area (Å²) in [5, 5.41) is 1.21. The van der Waals surface area contributed by atoms with Crippen molar-refractivity contribution in [3.05, 3.63) is 36.1 Å². The van der Waals surface area contributed by atoms with Crippen LogP contribution in [0, 0.1) is 5.92 Å². The first kappa shape index (κ1) is 11.8. The van der Waals surface area contributed by atoms with E-state index in [0.29, 0.717) is 5.92 Å². The van der Waals surface area contributed by atoms with Crippen LogP contribution in [0.2, 0.25) is 0 Å². The van der Waals surface area contributed by atoms with E-state index < -0.39 is 0 Å². The quantitative estimate of drug-likeness (QED) is 0.901. The molecular formula is C15H19NO2. The van der Waals surface area contributed by atoms with Crippen LogP contribution in [0.5, 0.6) is 0 Å². The van der Waals surface area contributed by atoms with Crippen LogP contribution in [-0.4, -0.2) is 19.8 Å². The molecule has 18 heavy (non-hydrogen) atoms. The van der Waals surface area contributed by atoms with E-state index in [1.165, 1.54) is 10.9 Å². The SMILES string of the molecule is CC(CCN)C1(c2coc3ccccc23)COC1. The highest BCUT2D eigenvalue weighted by atomic mass is 16.5. The van der Waals surface area contributed by atoms with Gasteiger partial charge in [0.15, 0.2) is 0 Å². The minimum Gasteiger partial charge on any atom is -0.464 e. The second-order valence-corrected chi connectivity index (χ2v) is 5.27. The van der Waals surface area contributed by atoms with Crippen molar-refractivity contribution in [2.24, 2.45) is 11.7 Å². The second kappa shape index (κ2) is 4.41. The molecular weight excluding hydrogens is 226 g/mol.